The molecule has 0 radical (unpaired) electrons. The van der Waals surface area contributed by atoms with Crippen LogP contribution in [-0.2, 0) is 9.36 Å². The number of benzene rings is 1. The van der Waals surface area contributed by atoms with Crippen molar-refractivity contribution < 1.29 is 24.5 Å². The summed E-state index contributed by atoms with van der Waals surface area (Å²) in [4.78, 5) is 20.7. The fourth-order valence-electron chi connectivity index (χ4n) is 1.51. The second-order valence-electron chi connectivity index (χ2n) is 3.77. The molecule has 94 valence electrons. The predicted molar refractivity (Wildman–Crippen MR) is 63.6 cm³/mol. The number of aliphatic carboxylic acids is 1. The van der Waals surface area contributed by atoms with Gasteiger partial charge in [0, 0.05) is 18.1 Å². The molecule has 2 atom stereocenters. The number of hydrogen-bond donors (Lipinski definition) is 3. The lowest BCUT2D eigenvalue weighted by atomic mass is 10.1. The van der Waals surface area contributed by atoms with E-state index in [1.54, 1.807) is 18.2 Å². The smallest absolute Gasteiger partial charge is 0.307 e. The van der Waals surface area contributed by atoms with Crippen LogP contribution in [0.2, 0.25) is 0 Å². The summed E-state index contributed by atoms with van der Waals surface area (Å²) < 4.78 is 12.0. The topological polar surface area (TPSA) is 94.8 Å². The van der Waals surface area contributed by atoms with Crippen LogP contribution >= 0.6 is 7.37 Å². The normalized spacial score (nSPS) is 16.1. The summed E-state index contributed by atoms with van der Waals surface area (Å²) in [6.07, 6.45) is -0.375. The average molecular weight is 258 g/mol. The second kappa shape index (κ2) is 5.96. The van der Waals surface area contributed by atoms with E-state index in [4.69, 9.17) is 10.2 Å². The van der Waals surface area contributed by atoms with Crippen LogP contribution in [0.5, 0.6) is 0 Å². The highest BCUT2D eigenvalue weighted by atomic mass is 31.2. The van der Waals surface area contributed by atoms with Crippen LogP contribution in [0.1, 0.15) is 6.42 Å². The molecule has 0 saturated heterocycles. The number of rotatable bonds is 6. The molecular formula is C11H15O5P. The van der Waals surface area contributed by atoms with Gasteiger partial charge in [0.05, 0.1) is 5.92 Å². The molecule has 0 bridgehead atoms. The van der Waals surface area contributed by atoms with Crippen LogP contribution in [0, 0.1) is 5.92 Å². The molecule has 1 rings (SSSR count). The SMILES string of the molecule is O=C(O)C(CCO)CP(=O)(O)c1ccccc1. The lowest BCUT2D eigenvalue weighted by molar-refractivity contribution is -0.141. The van der Waals surface area contributed by atoms with Crippen LogP contribution in [0.15, 0.2) is 30.3 Å². The van der Waals surface area contributed by atoms with Crippen molar-refractivity contribution in [3.05, 3.63) is 30.3 Å². The van der Waals surface area contributed by atoms with Gasteiger partial charge in [0.2, 0.25) is 7.37 Å². The lowest BCUT2D eigenvalue weighted by Crippen LogP contribution is -2.22. The first-order valence-corrected chi connectivity index (χ1v) is 7.03. The van der Waals surface area contributed by atoms with E-state index in [1.165, 1.54) is 12.1 Å². The van der Waals surface area contributed by atoms with Gasteiger partial charge < -0.3 is 15.1 Å². The molecule has 1 aromatic rings. The Labute approximate surface area is 99.2 Å². The number of aliphatic hydroxyl groups excluding tert-OH is 1. The van der Waals surface area contributed by atoms with Crippen molar-refractivity contribution in [2.45, 2.75) is 6.42 Å². The molecule has 2 unspecified atom stereocenters. The van der Waals surface area contributed by atoms with E-state index in [1.807, 2.05) is 0 Å². The Morgan fingerprint density at radius 2 is 1.88 bits per heavy atom. The summed E-state index contributed by atoms with van der Waals surface area (Å²) in [5.74, 6) is -2.17. The zero-order valence-corrected chi connectivity index (χ0v) is 10.1. The van der Waals surface area contributed by atoms with Crippen molar-refractivity contribution in [3.63, 3.8) is 0 Å². The van der Waals surface area contributed by atoms with Crippen molar-refractivity contribution in [2.24, 2.45) is 5.92 Å². The van der Waals surface area contributed by atoms with Gasteiger partial charge >= 0.3 is 5.97 Å². The third-order valence-electron chi connectivity index (χ3n) is 2.45. The minimum Gasteiger partial charge on any atom is -0.481 e. The maximum absolute atomic E-state index is 12.0. The van der Waals surface area contributed by atoms with Gasteiger partial charge in [0.1, 0.15) is 0 Å². The first-order valence-electron chi connectivity index (χ1n) is 5.18. The molecular weight excluding hydrogens is 243 g/mol. The van der Waals surface area contributed by atoms with Gasteiger partial charge in [-0.25, -0.2) is 0 Å². The molecule has 0 aromatic heterocycles. The Hall–Kier alpha value is -1.16. The minimum absolute atomic E-state index is 0.0211. The quantitative estimate of drug-likeness (QED) is 0.652. The average Bonchev–Trinajstić information content (AvgIpc) is 2.29. The molecule has 5 nitrogen and oxygen atoms in total. The maximum atomic E-state index is 12.0. The number of carboxylic acid groups (broad SMARTS) is 1. The molecule has 6 heteroatoms. The van der Waals surface area contributed by atoms with Crippen LogP contribution in [0.4, 0.5) is 0 Å². The second-order valence-corrected chi connectivity index (χ2v) is 6.05. The molecule has 0 fully saturated rings. The van der Waals surface area contributed by atoms with Crippen LogP contribution in [-0.4, -0.2) is 33.8 Å². The first kappa shape index (κ1) is 13.9. The molecule has 0 heterocycles. The molecule has 0 spiro atoms. The Morgan fingerprint density at radius 3 is 2.35 bits per heavy atom. The first-order chi connectivity index (χ1) is 7.97. The van der Waals surface area contributed by atoms with Crippen LogP contribution < -0.4 is 5.30 Å². The fourth-order valence-corrected chi connectivity index (χ4v) is 3.30. The lowest BCUT2D eigenvalue weighted by Gasteiger charge is -2.16. The van der Waals surface area contributed by atoms with Crippen molar-refractivity contribution in [2.75, 3.05) is 12.8 Å². The zero-order valence-electron chi connectivity index (χ0n) is 9.19. The standard InChI is InChI=1S/C11H15O5P/c12-7-6-9(11(13)14)8-17(15,16)10-4-2-1-3-5-10/h1-5,9,12H,6-8H2,(H,13,14)(H,15,16). The third-order valence-corrected chi connectivity index (χ3v) is 4.50. The fraction of sp³-hybridized carbons (Fsp3) is 0.364. The number of hydrogen-bond acceptors (Lipinski definition) is 3. The summed E-state index contributed by atoms with van der Waals surface area (Å²) in [6.45, 7) is -0.314. The third kappa shape index (κ3) is 3.97. The van der Waals surface area contributed by atoms with Gasteiger partial charge in [-0.15, -0.1) is 0 Å². The monoisotopic (exact) mass is 258 g/mol. The molecule has 0 aliphatic heterocycles. The molecule has 3 N–H and O–H groups in total. The van der Waals surface area contributed by atoms with Crippen LogP contribution in [0.25, 0.3) is 0 Å². The van der Waals surface area contributed by atoms with Crippen molar-refractivity contribution in [1.82, 2.24) is 0 Å². The molecule has 1 aromatic carbocycles. The molecule has 0 amide bonds. The van der Waals surface area contributed by atoms with Crippen LogP contribution in [0.3, 0.4) is 0 Å². The van der Waals surface area contributed by atoms with Crippen molar-refractivity contribution in [3.8, 4) is 0 Å². The van der Waals surface area contributed by atoms with Gasteiger partial charge in [0.15, 0.2) is 0 Å². The van der Waals surface area contributed by atoms with Gasteiger partial charge in [-0.2, -0.15) is 0 Å². The molecule has 0 saturated carbocycles. The highest BCUT2D eigenvalue weighted by Gasteiger charge is 2.29. The maximum Gasteiger partial charge on any atom is 0.307 e. The summed E-state index contributed by atoms with van der Waals surface area (Å²) in [5.41, 5.74) is 0. The van der Waals surface area contributed by atoms with Gasteiger partial charge in [-0.3, -0.25) is 9.36 Å². The van der Waals surface area contributed by atoms with E-state index < -0.39 is 19.3 Å². The largest absolute Gasteiger partial charge is 0.481 e. The Bertz CT molecular complexity index is 417. The van der Waals surface area contributed by atoms with E-state index in [2.05, 4.69) is 0 Å². The highest BCUT2D eigenvalue weighted by Crippen LogP contribution is 2.41. The van der Waals surface area contributed by atoms with E-state index in [0.717, 1.165) is 0 Å². The highest BCUT2D eigenvalue weighted by molar-refractivity contribution is 7.66. The van der Waals surface area contributed by atoms with Gasteiger partial charge in [0.25, 0.3) is 0 Å². The van der Waals surface area contributed by atoms with Crippen molar-refractivity contribution in [1.29, 1.82) is 0 Å². The number of carbonyl (C=O) groups is 1. The summed E-state index contributed by atoms with van der Waals surface area (Å²) in [7, 11) is -3.68. The predicted octanol–water partition coefficient (Wildman–Crippen LogP) is 0.665. The minimum atomic E-state index is -3.68. The Morgan fingerprint density at radius 1 is 1.29 bits per heavy atom. The Balaban J connectivity index is 2.85. The zero-order chi connectivity index (χ0) is 12.9. The van der Waals surface area contributed by atoms with E-state index in [-0.39, 0.29) is 24.5 Å². The summed E-state index contributed by atoms with van der Waals surface area (Å²) in [5, 5.41) is 17.8. The Kier molecular flexibility index (Phi) is 4.87. The van der Waals surface area contributed by atoms with E-state index in [0.29, 0.717) is 0 Å². The summed E-state index contributed by atoms with van der Waals surface area (Å²) >= 11 is 0. The number of carboxylic acids is 1. The van der Waals surface area contributed by atoms with E-state index >= 15 is 0 Å². The van der Waals surface area contributed by atoms with Crippen molar-refractivity contribution >= 4 is 18.6 Å². The van der Waals surface area contributed by atoms with Gasteiger partial charge in [-0.05, 0) is 18.6 Å². The summed E-state index contributed by atoms with van der Waals surface area (Å²) in [6, 6.07) is 7.96. The van der Waals surface area contributed by atoms with Gasteiger partial charge in [-0.1, -0.05) is 18.2 Å². The van der Waals surface area contributed by atoms with E-state index in [9.17, 15) is 14.3 Å². The molecule has 0 aliphatic rings. The molecule has 0 aliphatic carbocycles. The number of aliphatic hydroxyl groups is 1. The molecule has 17 heavy (non-hydrogen) atoms.